The van der Waals surface area contributed by atoms with Crippen LogP contribution in [0.4, 0.5) is 0 Å². The standard InChI is InChI=1S/C14H22N2O3S/c1-2-19-11-6-10(14(11)4-3-5-14)15-12(17)7-16-9-20-8-13(16)18/h10-11H,2-9H2,1H3,(H,15,17)/t10-,11+/m0/s1. The third-order valence-electron chi connectivity index (χ3n) is 4.93. The molecule has 0 bridgehead atoms. The first-order valence-electron chi connectivity index (χ1n) is 7.42. The van der Waals surface area contributed by atoms with Gasteiger partial charge in [-0.2, -0.15) is 0 Å². The van der Waals surface area contributed by atoms with Crippen LogP contribution in [-0.2, 0) is 14.3 Å². The topological polar surface area (TPSA) is 58.6 Å². The number of ether oxygens (including phenoxy) is 1. The maximum Gasteiger partial charge on any atom is 0.239 e. The molecule has 3 rings (SSSR count). The number of thioether (sulfide) groups is 1. The number of carbonyl (C=O) groups excluding carboxylic acids is 2. The molecule has 0 aromatic carbocycles. The zero-order chi connectivity index (χ0) is 14.2. The minimum absolute atomic E-state index is 0.0212. The monoisotopic (exact) mass is 298 g/mol. The minimum atomic E-state index is -0.0212. The molecule has 1 aliphatic heterocycles. The molecule has 1 heterocycles. The van der Waals surface area contributed by atoms with Gasteiger partial charge in [-0.15, -0.1) is 11.8 Å². The molecule has 6 heteroatoms. The fourth-order valence-electron chi connectivity index (χ4n) is 3.59. The highest BCUT2D eigenvalue weighted by molar-refractivity contribution is 8.00. The number of hydrogen-bond acceptors (Lipinski definition) is 4. The van der Waals surface area contributed by atoms with Gasteiger partial charge in [0.2, 0.25) is 11.8 Å². The van der Waals surface area contributed by atoms with Gasteiger partial charge in [-0.25, -0.2) is 0 Å². The summed E-state index contributed by atoms with van der Waals surface area (Å²) >= 11 is 1.57. The highest BCUT2D eigenvalue weighted by Crippen LogP contribution is 2.57. The van der Waals surface area contributed by atoms with Gasteiger partial charge in [0, 0.05) is 18.1 Å². The molecule has 112 valence electrons. The maximum absolute atomic E-state index is 12.1. The van der Waals surface area contributed by atoms with E-state index in [0.29, 0.717) is 17.7 Å². The lowest BCUT2D eigenvalue weighted by atomic mass is 9.51. The smallest absolute Gasteiger partial charge is 0.239 e. The first-order valence-corrected chi connectivity index (χ1v) is 8.57. The van der Waals surface area contributed by atoms with Gasteiger partial charge >= 0.3 is 0 Å². The molecule has 5 nitrogen and oxygen atoms in total. The summed E-state index contributed by atoms with van der Waals surface area (Å²) in [5.41, 5.74) is 0.190. The summed E-state index contributed by atoms with van der Waals surface area (Å²) in [5.74, 6) is 1.20. The number of hydrogen-bond donors (Lipinski definition) is 1. The van der Waals surface area contributed by atoms with Gasteiger partial charge in [0.15, 0.2) is 0 Å². The van der Waals surface area contributed by atoms with E-state index in [1.54, 1.807) is 16.7 Å². The molecular weight excluding hydrogens is 276 g/mol. The van der Waals surface area contributed by atoms with Crippen molar-refractivity contribution in [3.63, 3.8) is 0 Å². The molecular formula is C14H22N2O3S. The van der Waals surface area contributed by atoms with E-state index in [0.717, 1.165) is 25.9 Å². The van der Waals surface area contributed by atoms with Gasteiger partial charge in [0.05, 0.1) is 17.7 Å². The van der Waals surface area contributed by atoms with Crippen LogP contribution in [0.15, 0.2) is 0 Å². The van der Waals surface area contributed by atoms with E-state index in [9.17, 15) is 9.59 Å². The number of nitrogens with one attached hydrogen (secondary N) is 1. The summed E-state index contributed by atoms with van der Waals surface area (Å²) in [7, 11) is 0. The predicted molar refractivity (Wildman–Crippen MR) is 77.3 cm³/mol. The molecule has 2 amide bonds. The zero-order valence-corrected chi connectivity index (χ0v) is 12.7. The Morgan fingerprint density at radius 2 is 2.35 bits per heavy atom. The minimum Gasteiger partial charge on any atom is -0.378 e. The molecule has 3 fully saturated rings. The Morgan fingerprint density at radius 3 is 2.90 bits per heavy atom. The van der Waals surface area contributed by atoms with Crippen LogP contribution >= 0.6 is 11.8 Å². The van der Waals surface area contributed by atoms with Gasteiger partial charge in [-0.3, -0.25) is 9.59 Å². The largest absolute Gasteiger partial charge is 0.378 e. The van der Waals surface area contributed by atoms with Crippen molar-refractivity contribution in [2.45, 2.75) is 44.8 Å². The molecule has 0 unspecified atom stereocenters. The third-order valence-corrected chi connectivity index (χ3v) is 5.88. The number of amides is 2. The lowest BCUT2D eigenvalue weighted by molar-refractivity contribution is -0.176. The summed E-state index contributed by atoms with van der Waals surface area (Å²) in [6.45, 7) is 2.97. The first-order chi connectivity index (χ1) is 9.65. The Bertz CT molecular complexity index is 411. The average Bonchev–Trinajstić information content (AvgIpc) is 2.71. The molecule has 1 N–H and O–H groups in total. The summed E-state index contributed by atoms with van der Waals surface area (Å²) in [5, 5.41) is 3.12. The molecule has 1 saturated heterocycles. The van der Waals surface area contributed by atoms with Crippen LogP contribution < -0.4 is 5.32 Å². The third kappa shape index (κ3) is 2.33. The van der Waals surface area contributed by atoms with Crippen molar-refractivity contribution < 1.29 is 14.3 Å². The summed E-state index contributed by atoms with van der Waals surface area (Å²) in [6, 6.07) is 0.241. The van der Waals surface area contributed by atoms with E-state index >= 15 is 0 Å². The van der Waals surface area contributed by atoms with Crippen molar-refractivity contribution >= 4 is 23.6 Å². The van der Waals surface area contributed by atoms with Crippen molar-refractivity contribution in [3.05, 3.63) is 0 Å². The van der Waals surface area contributed by atoms with E-state index < -0.39 is 0 Å². The van der Waals surface area contributed by atoms with Gasteiger partial charge in [-0.05, 0) is 26.2 Å². The number of carbonyl (C=O) groups is 2. The number of rotatable bonds is 5. The molecule has 2 atom stereocenters. The highest BCUT2D eigenvalue weighted by Gasteiger charge is 2.59. The van der Waals surface area contributed by atoms with E-state index in [1.165, 1.54) is 6.42 Å². The molecule has 0 aromatic rings. The quantitative estimate of drug-likeness (QED) is 0.822. The Hall–Kier alpha value is -0.750. The van der Waals surface area contributed by atoms with Gasteiger partial charge in [-0.1, -0.05) is 6.42 Å². The van der Waals surface area contributed by atoms with Crippen LogP contribution in [0.3, 0.4) is 0 Å². The van der Waals surface area contributed by atoms with Crippen LogP contribution in [0.5, 0.6) is 0 Å². The first kappa shape index (κ1) is 14.2. The van der Waals surface area contributed by atoms with Crippen LogP contribution in [0.25, 0.3) is 0 Å². The maximum atomic E-state index is 12.1. The van der Waals surface area contributed by atoms with E-state index in [4.69, 9.17) is 4.74 Å². The summed E-state index contributed by atoms with van der Waals surface area (Å²) in [6.07, 6.45) is 4.78. The van der Waals surface area contributed by atoms with Crippen molar-refractivity contribution in [1.29, 1.82) is 0 Å². The van der Waals surface area contributed by atoms with Crippen LogP contribution in [-0.4, -0.2) is 53.6 Å². The van der Waals surface area contributed by atoms with Crippen LogP contribution in [0.1, 0.15) is 32.6 Å². The molecule has 1 spiro atoms. The predicted octanol–water partition coefficient (Wildman–Crippen LogP) is 0.983. The van der Waals surface area contributed by atoms with Gasteiger partial charge in [0.25, 0.3) is 0 Å². The fraction of sp³-hybridized carbons (Fsp3) is 0.857. The second-order valence-corrected chi connectivity index (χ2v) is 6.91. The highest BCUT2D eigenvalue weighted by atomic mass is 32.2. The van der Waals surface area contributed by atoms with Crippen molar-refractivity contribution in [3.8, 4) is 0 Å². The normalized spacial score (nSPS) is 31.1. The molecule has 2 aliphatic carbocycles. The number of nitrogens with zero attached hydrogens (tertiary/aromatic N) is 1. The second-order valence-electron chi connectivity index (χ2n) is 5.96. The Balaban J connectivity index is 1.51. The summed E-state index contributed by atoms with van der Waals surface area (Å²) in [4.78, 5) is 25.2. The van der Waals surface area contributed by atoms with Gasteiger partial charge < -0.3 is 15.0 Å². The Morgan fingerprint density at radius 1 is 1.55 bits per heavy atom. The molecule has 3 aliphatic rings. The average molecular weight is 298 g/mol. The van der Waals surface area contributed by atoms with Crippen LogP contribution in [0.2, 0.25) is 0 Å². The SMILES string of the molecule is CCO[C@@H]1C[C@H](NC(=O)CN2CSCC2=O)C12CCC2. The van der Waals surface area contributed by atoms with Crippen molar-refractivity contribution in [1.82, 2.24) is 10.2 Å². The fourth-order valence-corrected chi connectivity index (χ4v) is 4.50. The van der Waals surface area contributed by atoms with E-state index in [2.05, 4.69) is 5.32 Å². The van der Waals surface area contributed by atoms with Crippen molar-refractivity contribution in [2.24, 2.45) is 5.41 Å². The van der Waals surface area contributed by atoms with Crippen LogP contribution in [0, 0.1) is 5.41 Å². The van der Waals surface area contributed by atoms with E-state index in [-0.39, 0.29) is 29.8 Å². The van der Waals surface area contributed by atoms with Gasteiger partial charge in [0.1, 0.15) is 6.54 Å². The Labute approximate surface area is 123 Å². The molecule has 2 saturated carbocycles. The zero-order valence-electron chi connectivity index (χ0n) is 11.9. The second kappa shape index (κ2) is 5.56. The molecule has 20 heavy (non-hydrogen) atoms. The molecule has 0 aromatic heterocycles. The summed E-state index contributed by atoms with van der Waals surface area (Å²) < 4.78 is 5.78. The molecule has 0 radical (unpaired) electrons. The van der Waals surface area contributed by atoms with Crippen molar-refractivity contribution in [2.75, 3.05) is 24.8 Å². The lowest BCUT2D eigenvalue weighted by Crippen LogP contribution is -2.68. The van der Waals surface area contributed by atoms with E-state index in [1.807, 2.05) is 6.92 Å². The Kier molecular flexibility index (Phi) is 3.95. The lowest BCUT2D eigenvalue weighted by Gasteiger charge is -2.61.